The third-order valence-electron chi connectivity index (χ3n) is 3.84. The molecule has 0 aliphatic rings. The van der Waals surface area contributed by atoms with E-state index in [-0.39, 0.29) is 5.88 Å². The SMILES string of the molecule is Oc1cc(-c2ccc(OCc3cccnc3Oc3ccccc3)cc2)on1. The summed E-state index contributed by atoms with van der Waals surface area (Å²) in [6.45, 7) is 0.318. The van der Waals surface area contributed by atoms with Crippen molar-refractivity contribution in [2.75, 3.05) is 0 Å². The third kappa shape index (κ3) is 4.07. The molecular weight excluding hydrogens is 344 g/mol. The predicted octanol–water partition coefficient (Wildman–Crippen LogP) is 4.81. The molecule has 0 radical (unpaired) electrons. The monoisotopic (exact) mass is 360 g/mol. The van der Waals surface area contributed by atoms with Crippen LogP contribution in [0.25, 0.3) is 11.3 Å². The zero-order valence-electron chi connectivity index (χ0n) is 14.3. The van der Waals surface area contributed by atoms with Crippen LogP contribution in [0, 0.1) is 0 Å². The van der Waals surface area contributed by atoms with E-state index in [4.69, 9.17) is 14.0 Å². The van der Waals surface area contributed by atoms with E-state index in [1.54, 1.807) is 6.20 Å². The van der Waals surface area contributed by atoms with Gasteiger partial charge >= 0.3 is 0 Å². The highest BCUT2D eigenvalue weighted by molar-refractivity contribution is 5.59. The molecule has 0 bridgehead atoms. The van der Waals surface area contributed by atoms with Gasteiger partial charge in [-0.05, 0) is 53.7 Å². The quantitative estimate of drug-likeness (QED) is 0.531. The molecule has 0 saturated heterocycles. The van der Waals surface area contributed by atoms with E-state index >= 15 is 0 Å². The number of para-hydroxylation sites is 1. The number of hydrogen-bond acceptors (Lipinski definition) is 6. The number of aromatic nitrogens is 2. The lowest BCUT2D eigenvalue weighted by molar-refractivity contribution is 0.298. The van der Waals surface area contributed by atoms with Gasteiger partial charge in [0.15, 0.2) is 5.76 Å². The van der Waals surface area contributed by atoms with Gasteiger partial charge in [-0.25, -0.2) is 4.98 Å². The van der Waals surface area contributed by atoms with Gasteiger partial charge in [0.2, 0.25) is 5.88 Å². The summed E-state index contributed by atoms with van der Waals surface area (Å²) in [6, 6.07) is 22.0. The number of benzene rings is 2. The van der Waals surface area contributed by atoms with Crippen LogP contribution in [0.1, 0.15) is 5.56 Å². The Labute approximate surface area is 155 Å². The Balaban J connectivity index is 1.44. The van der Waals surface area contributed by atoms with Crippen molar-refractivity contribution in [3.8, 4) is 34.6 Å². The largest absolute Gasteiger partial charge is 0.491 e. The zero-order valence-corrected chi connectivity index (χ0v) is 14.3. The summed E-state index contributed by atoms with van der Waals surface area (Å²) in [5.41, 5.74) is 1.63. The van der Waals surface area contributed by atoms with E-state index in [0.717, 1.165) is 16.9 Å². The van der Waals surface area contributed by atoms with Crippen LogP contribution < -0.4 is 9.47 Å². The zero-order chi connectivity index (χ0) is 18.5. The van der Waals surface area contributed by atoms with Crippen LogP contribution in [0.2, 0.25) is 0 Å². The van der Waals surface area contributed by atoms with Gasteiger partial charge in [-0.2, -0.15) is 0 Å². The Bertz CT molecular complexity index is 1010. The second-order valence-corrected chi connectivity index (χ2v) is 5.75. The molecule has 6 nitrogen and oxygen atoms in total. The molecule has 134 valence electrons. The minimum Gasteiger partial charge on any atom is -0.491 e. The lowest BCUT2D eigenvalue weighted by Gasteiger charge is -2.11. The molecule has 27 heavy (non-hydrogen) atoms. The smallest absolute Gasteiger partial charge is 0.252 e. The van der Waals surface area contributed by atoms with Crippen molar-refractivity contribution in [2.45, 2.75) is 6.61 Å². The average molecular weight is 360 g/mol. The van der Waals surface area contributed by atoms with E-state index < -0.39 is 0 Å². The molecule has 1 N–H and O–H groups in total. The standard InChI is InChI=1S/C21H16N2O4/c24-20-13-19(27-23-20)15-8-10-17(11-9-15)25-14-16-5-4-12-22-21(16)26-18-6-2-1-3-7-18/h1-13H,14H2,(H,23,24). The van der Waals surface area contributed by atoms with Gasteiger partial charge in [0.1, 0.15) is 18.1 Å². The van der Waals surface area contributed by atoms with Crippen molar-refractivity contribution in [1.82, 2.24) is 10.1 Å². The number of pyridine rings is 1. The molecule has 4 rings (SSSR count). The number of aromatic hydroxyl groups is 1. The molecule has 0 spiro atoms. The Morgan fingerprint density at radius 1 is 0.889 bits per heavy atom. The molecule has 0 amide bonds. The second-order valence-electron chi connectivity index (χ2n) is 5.75. The van der Waals surface area contributed by atoms with Crippen LogP contribution in [0.4, 0.5) is 0 Å². The van der Waals surface area contributed by atoms with Gasteiger partial charge in [-0.1, -0.05) is 18.2 Å². The molecule has 2 aromatic carbocycles. The van der Waals surface area contributed by atoms with Crippen molar-refractivity contribution in [2.24, 2.45) is 0 Å². The number of hydrogen-bond donors (Lipinski definition) is 1. The molecule has 4 aromatic rings. The van der Waals surface area contributed by atoms with E-state index in [1.165, 1.54) is 6.07 Å². The molecular formula is C21H16N2O4. The van der Waals surface area contributed by atoms with Crippen LogP contribution >= 0.6 is 0 Å². The molecule has 0 atom stereocenters. The summed E-state index contributed by atoms with van der Waals surface area (Å²) in [4.78, 5) is 4.30. The minimum atomic E-state index is -0.146. The Hall–Kier alpha value is -3.80. The Kier molecular flexibility index (Phi) is 4.70. The maximum absolute atomic E-state index is 9.26. The molecule has 0 aliphatic heterocycles. The summed E-state index contributed by atoms with van der Waals surface area (Å²) in [6.07, 6.45) is 1.68. The van der Waals surface area contributed by atoms with Crippen molar-refractivity contribution >= 4 is 0 Å². The van der Waals surface area contributed by atoms with Crippen LogP contribution in [0.3, 0.4) is 0 Å². The first-order chi connectivity index (χ1) is 13.3. The highest BCUT2D eigenvalue weighted by Crippen LogP contribution is 2.27. The van der Waals surface area contributed by atoms with Crippen molar-refractivity contribution in [1.29, 1.82) is 0 Å². The first-order valence-corrected chi connectivity index (χ1v) is 8.34. The fraction of sp³-hybridized carbons (Fsp3) is 0.0476. The van der Waals surface area contributed by atoms with E-state index in [9.17, 15) is 5.11 Å². The molecule has 0 fully saturated rings. The summed E-state index contributed by atoms with van der Waals surface area (Å²) in [5, 5.41) is 12.7. The minimum absolute atomic E-state index is 0.146. The Morgan fingerprint density at radius 3 is 2.44 bits per heavy atom. The number of ether oxygens (including phenoxy) is 2. The Morgan fingerprint density at radius 2 is 1.70 bits per heavy atom. The molecule has 0 aliphatic carbocycles. The van der Waals surface area contributed by atoms with Crippen molar-refractivity contribution < 1.29 is 19.1 Å². The van der Waals surface area contributed by atoms with Crippen molar-refractivity contribution in [3.05, 3.63) is 84.6 Å². The molecule has 6 heteroatoms. The maximum atomic E-state index is 9.26. The lowest BCUT2D eigenvalue weighted by Crippen LogP contribution is -2.00. The molecule has 0 unspecified atom stereocenters. The maximum Gasteiger partial charge on any atom is 0.252 e. The molecule has 2 heterocycles. The summed E-state index contributed by atoms with van der Waals surface area (Å²) in [5.74, 6) is 2.27. The van der Waals surface area contributed by atoms with Crippen LogP contribution in [0.15, 0.2) is 83.5 Å². The lowest BCUT2D eigenvalue weighted by atomic mass is 10.2. The third-order valence-corrected chi connectivity index (χ3v) is 3.84. The van der Waals surface area contributed by atoms with Gasteiger partial charge < -0.3 is 19.1 Å². The van der Waals surface area contributed by atoms with E-state index in [0.29, 0.717) is 24.0 Å². The van der Waals surface area contributed by atoms with Crippen LogP contribution in [0.5, 0.6) is 23.3 Å². The number of nitrogens with zero attached hydrogens (tertiary/aromatic N) is 2. The second kappa shape index (κ2) is 7.61. The highest BCUT2D eigenvalue weighted by atomic mass is 16.5. The van der Waals surface area contributed by atoms with Gasteiger partial charge in [0, 0.05) is 17.8 Å². The van der Waals surface area contributed by atoms with E-state index in [1.807, 2.05) is 66.7 Å². The average Bonchev–Trinajstić information content (AvgIpc) is 3.15. The highest BCUT2D eigenvalue weighted by Gasteiger charge is 2.09. The van der Waals surface area contributed by atoms with Crippen molar-refractivity contribution in [3.63, 3.8) is 0 Å². The first kappa shape index (κ1) is 16.7. The van der Waals surface area contributed by atoms with Gasteiger partial charge in [0.05, 0.1) is 5.56 Å². The fourth-order valence-corrected chi connectivity index (χ4v) is 2.50. The number of rotatable bonds is 6. The molecule has 0 saturated carbocycles. The molecule has 2 aromatic heterocycles. The van der Waals surface area contributed by atoms with Crippen LogP contribution in [-0.4, -0.2) is 15.2 Å². The van der Waals surface area contributed by atoms with Gasteiger partial charge in [-0.3, -0.25) is 0 Å². The summed E-state index contributed by atoms with van der Waals surface area (Å²) >= 11 is 0. The normalized spacial score (nSPS) is 10.5. The first-order valence-electron chi connectivity index (χ1n) is 8.34. The van der Waals surface area contributed by atoms with Crippen LogP contribution in [-0.2, 0) is 6.61 Å². The fourth-order valence-electron chi connectivity index (χ4n) is 2.50. The summed E-state index contributed by atoms with van der Waals surface area (Å²) < 4.78 is 16.7. The van der Waals surface area contributed by atoms with Gasteiger partial charge in [0.25, 0.3) is 5.88 Å². The van der Waals surface area contributed by atoms with Gasteiger partial charge in [-0.15, -0.1) is 0 Å². The summed E-state index contributed by atoms with van der Waals surface area (Å²) in [7, 11) is 0. The predicted molar refractivity (Wildman–Crippen MR) is 98.7 cm³/mol. The van der Waals surface area contributed by atoms with E-state index in [2.05, 4.69) is 10.1 Å². The topological polar surface area (TPSA) is 77.6 Å².